The molecule has 1 aromatic heterocycles. The fourth-order valence-electron chi connectivity index (χ4n) is 2.40. The van der Waals surface area contributed by atoms with E-state index < -0.39 is 0 Å². The lowest BCUT2D eigenvalue weighted by atomic mass is 10.1. The molecule has 1 amide bonds. The minimum absolute atomic E-state index is 0.173. The molecule has 3 aromatic rings. The molecule has 3 rings (SSSR count). The number of hydrogen-bond acceptors (Lipinski definition) is 2. The van der Waals surface area contributed by atoms with Gasteiger partial charge in [-0.25, -0.2) is 4.98 Å². The standard InChI is InChI=1S/C18H17N3O/c1-13-8-9-16(14(2)10-13)20-18(22)17-11-19-12-21(17)15-6-4-3-5-7-15/h3-12H,1-2H3,(H,20,22). The lowest BCUT2D eigenvalue weighted by Gasteiger charge is -2.11. The first-order chi connectivity index (χ1) is 10.6. The number of hydrogen-bond donors (Lipinski definition) is 1. The van der Waals surface area contributed by atoms with Gasteiger partial charge < -0.3 is 5.32 Å². The summed E-state index contributed by atoms with van der Waals surface area (Å²) in [7, 11) is 0. The van der Waals surface area contributed by atoms with Crippen molar-refractivity contribution in [2.75, 3.05) is 5.32 Å². The van der Waals surface area contributed by atoms with E-state index in [1.54, 1.807) is 17.1 Å². The number of carbonyl (C=O) groups is 1. The average Bonchev–Trinajstić information content (AvgIpc) is 3.00. The fourth-order valence-corrected chi connectivity index (χ4v) is 2.40. The highest BCUT2D eigenvalue weighted by Gasteiger charge is 2.14. The molecule has 110 valence electrons. The Hall–Kier alpha value is -2.88. The molecule has 0 atom stereocenters. The summed E-state index contributed by atoms with van der Waals surface area (Å²) in [5.41, 5.74) is 4.44. The van der Waals surface area contributed by atoms with E-state index in [0.29, 0.717) is 5.69 Å². The Morgan fingerprint density at radius 1 is 1.09 bits per heavy atom. The van der Waals surface area contributed by atoms with E-state index in [4.69, 9.17) is 0 Å². The van der Waals surface area contributed by atoms with Crippen molar-refractivity contribution in [3.63, 3.8) is 0 Å². The van der Waals surface area contributed by atoms with Crippen molar-refractivity contribution < 1.29 is 4.79 Å². The molecule has 0 unspecified atom stereocenters. The zero-order chi connectivity index (χ0) is 15.5. The maximum absolute atomic E-state index is 12.5. The largest absolute Gasteiger partial charge is 0.320 e. The molecule has 0 saturated carbocycles. The number of aromatic nitrogens is 2. The van der Waals surface area contributed by atoms with E-state index in [1.807, 2.05) is 62.4 Å². The summed E-state index contributed by atoms with van der Waals surface area (Å²) in [6, 6.07) is 15.6. The molecule has 0 aliphatic rings. The Balaban J connectivity index is 1.89. The highest BCUT2D eigenvalue weighted by atomic mass is 16.2. The van der Waals surface area contributed by atoms with Crippen LogP contribution in [0.1, 0.15) is 21.6 Å². The minimum atomic E-state index is -0.173. The van der Waals surface area contributed by atoms with E-state index in [2.05, 4.69) is 10.3 Å². The molecular weight excluding hydrogens is 274 g/mol. The topological polar surface area (TPSA) is 46.9 Å². The van der Waals surface area contributed by atoms with Crippen LogP contribution in [0.4, 0.5) is 5.69 Å². The molecule has 0 aliphatic heterocycles. The lowest BCUT2D eigenvalue weighted by molar-refractivity contribution is 0.102. The summed E-state index contributed by atoms with van der Waals surface area (Å²) >= 11 is 0. The molecular formula is C18H17N3O. The average molecular weight is 291 g/mol. The number of rotatable bonds is 3. The molecule has 0 fully saturated rings. The molecule has 0 radical (unpaired) electrons. The van der Waals surface area contributed by atoms with Gasteiger partial charge in [0.2, 0.25) is 0 Å². The van der Waals surface area contributed by atoms with Crippen molar-refractivity contribution in [1.29, 1.82) is 0 Å². The zero-order valence-corrected chi connectivity index (χ0v) is 12.6. The molecule has 4 nitrogen and oxygen atoms in total. The lowest BCUT2D eigenvalue weighted by Crippen LogP contribution is -2.16. The van der Waals surface area contributed by atoms with Crippen LogP contribution in [0.15, 0.2) is 61.1 Å². The van der Waals surface area contributed by atoms with Gasteiger partial charge in [-0.3, -0.25) is 9.36 Å². The quantitative estimate of drug-likeness (QED) is 0.799. The van der Waals surface area contributed by atoms with Crippen LogP contribution in [0.3, 0.4) is 0 Å². The van der Waals surface area contributed by atoms with Gasteiger partial charge in [-0.15, -0.1) is 0 Å². The number of para-hydroxylation sites is 1. The Bertz CT molecular complexity index is 806. The number of nitrogens with zero attached hydrogens (tertiary/aromatic N) is 2. The van der Waals surface area contributed by atoms with Gasteiger partial charge in [0.15, 0.2) is 0 Å². The van der Waals surface area contributed by atoms with E-state index in [1.165, 1.54) is 5.56 Å². The van der Waals surface area contributed by atoms with Crippen LogP contribution < -0.4 is 5.32 Å². The van der Waals surface area contributed by atoms with Gasteiger partial charge >= 0.3 is 0 Å². The number of imidazole rings is 1. The maximum atomic E-state index is 12.5. The number of carbonyl (C=O) groups excluding carboxylic acids is 1. The third-order valence-corrected chi connectivity index (χ3v) is 3.54. The van der Waals surface area contributed by atoms with Gasteiger partial charge in [-0.1, -0.05) is 35.9 Å². The van der Waals surface area contributed by atoms with Gasteiger partial charge in [-0.05, 0) is 37.6 Å². The predicted octanol–water partition coefficient (Wildman–Crippen LogP) is 3.74. The van der Waals surface area contributed by atoms with Crippen LogP contribution >= 0.6 is 0 Å². The summed E-state index contributed by atoms with van der Waals surface area (Å²) in [5, 5.41) is 2.95. The Labute approximate surface area is 129 Å². The van der Waals surface area contributed by atoms with Crippen molar-refractivity contribution >= 4 is 11.6 Å². The number of amides is 1. The Kier molecular flexibility index (Phi) is 3.74. The first-order valence-corrected chi connectivity index (χ1v) is 7.11. The smallest absolute Gasteiger partial charge is 0.274 e. The summed E-state index contributed by atoms with van der Waals surface area (Å²) < 4.78 is 1.78. The van der Waals surface area contributed by atoms with Crippen LogP contribution in [0.2, 0.25) is 0 Å². The van der Waals surface area contributed by atoms with E-state index in [-0.39, 0.29) is 5.91 Å². The van der Waals surface area contributed by atoms with Crippen LogP contribution in [0.5, 0.6) is 0 Å². The molecule has 2 aromatic carbocycles. The monoisotopic (exact) mass is 291 g/mol. The summed E-state index contributed by atoms with van der Waals surface area (Å²) in [6.45, 7) is 4.01. The predicted molar refractivity (Wildman–Crippen MR) is 87.4 cm³/mol. The highest BCUT2D eigenvalue weighted by molar-refractivity contribution is 6.03. The number of benzene rings is 2. The van der Waals surface area contributed by atoms with Gasteiger partial charge in [0.1, 0.15) is 5.69 Å². The molecule has 0 aliphatic carbocycles. The van der Waals surface area contributed by atoms with Crippen LogP contribution in [-0.4, -0.2) is 15.5 Å². The zero-order valence-electron chi connectivity index (χ0n) is 12.6. The van der Waals surface area contributed by atoms with E-state index in [9.17, 15) is 4.79 Å². The van der Waals surface area contributed by atoms with Gasteiger partial charge in [0.25, 0.3) is 5.91 Å². The molecule has 22 heavy (non-hydrogen) atoms. The third kappa shape index (κ3) is 2.76. The van der Waals surface area contributed by atoms with Crippen LogP contribution in [0, 0.1) is 13.8 Å². The van der Waals surface area contributed by atoms with Crippen molar-refractivity contribution in [1.82, 2.24) is 9.55 Å². The minimum Gasteiger partial charge on any atom is -0.320 e. The van der Waals surface area contributed by atoms with E-state index >= 15 is 0 Å². The van der Waals surface area contributed by atoms with Crippen LogP contribution in [0.25, 0.3) is 5.69 Å². The first-order valence-electron chi connectivity index (χ1n) is 7.11. The van der Waals surface area contributed by atoms with Crippen molar-refractivity contribution in [2.45, 2.75) is 13.8 Å². The SMILES string of the molecule is Cc1ccc(NC(=O)c2cncn2-c2ccccc2)c(C)c1. The second-order valence-corrected chi connectivity index (χ2v) is 5.26. The Morgan fingerprint density at radius 2 is 1.86 bits per heavy atom. The fraction of sp³-hybridized carbons (Fsp3) is 0.111. The summed E-state index contributed by atoms with van der Waals surface area (Å²) in [5.74, 6) is -0.173. The molecule has 4 heteroatoms. The maximum Gasteiger partial charge on any atom is 0.274 e. The van der Waals surface area contributed by atoms with Crippen molar-refractivity contribution in [3.05, 3.63) is 77.9 Å². The normalized spacial score (nSPS) is 10.5. The Morgan fingerprint density at radius 3 is 2.59 bits per heavy atom. The second-order valence-electron chi connectivity index (χ2n) is 5.26. The van der Waals surface area contributed by atoms with Crippen LogP contribution in [-0.2, 0) is 0 Å². The first kappa shape index (κ1) is 14.1. The summed E-state index contributed by atoms with van der Waals surface area (Å²) in [4.78, 5) is 16.6. The van der Waals surface area contributed by atoms with E-state index in [0.717, 1.165) is 16.9 Å². The van der Waals surface area contributed by atoms with Gasteiger partial charge in [-0.2, -0.15) is 0 Å². The van der Waals surface area contributed by atoms with Crippen molar-refractivity contribution in [3.8, 4) is 5.69 Å². The highest BCUT2D eigenvalue weighted by Crippen LogP contribution is 2.18. The second kappa shape index (κ2) is 5.85. The molecule has 1 N–H and O–H groups in total. The number of aryl methyl sites for hydroxylation is 2. The molecule has 0 bridgehead atoms. The molecule has 0 spiro atoms. The molecule has 0 saturated heterocycles. The van der Waals surface area contributed by atoms with Gasteiger partial charge in [0.05, 0.1) is 12.5 Å². The molecule has 1 heterocycles. The van der Waals surface area contributed by atoms with Gasteiger partial charge in [0, 0.05) is 11.4 Å². The number of anilines is 1. The summed E-state index contributed by atoms with van der Waals surface area (Å²) in [6.07, 6.45) is 3.22. The third-order valence-electron chi connectivity index (χ3n) is 3.54. The number of nitrogens with one attached hydrogen (secondary N) is 1. The van der Waals surface area contributed by atoms with Crippen molar-refractivity contribution in [2.24, 2.45) is 0 Å².